The van der Waals surface area contributed by atoms with Crippen molar-refractivity contribution in [3.05, 3.63) is 78.0 Å². The highest BCUT2D eigenvalue weighted by atomic mass is 19.1. The van der Waals surface area contributed by atoms with Crippen LogP contribution in [0, 0.1) is 12.7 Å². The van der Waals surface area contributed by atoms with E-state index in [0.717, 1.165) is 29.6 Å². The van der Waals surface area contributed by atoms with Crippen LogP contribution in [0.3, 0.4) is 0 Å². The largest absolute Gasteiger partial charge is 0.361 e. The van der Waals surface area contributed by atoms with Gasteiger partial charge in [0.25, 0.3) is 0 Å². The molecular formula is C19H19FN4. The van der Waals surface area contributed by atoms with Crippen LogP contribution in [0.1, 0.15) is 11.1 Å². The molecule has 2 heterocycles. The number of aryl methyl sites for hydroxylation is 1. The number of anilines is 1. The summed E-state index contributed by atoms with van der Waals surface area (Å²) >= 11 is 0. The molecule has 1 aliphatic rings. The zero-order valence-corrected chi connectivity index (χ0v) is 13.5. The molecule has 1 aromatic heterocycles. The Bertz CT molecular complexity index is 882. The van der Waals surface area contributed by atoms with Crippen molar-refractivity contribution in [1.29, 1.82) is 0 Å². The summed E-state index contributed by atoms with van der Waals surface area (Å²) < 4.78 is 13.3. The van der Waals surface area contributed by atoms with E-state index in [9.17, 15) is 4.39 Å². The van der Waals surface area contributed by atoms with Crippen LogP contribution in [-0.4, -0.2) is 16.5 Å². The first-order chi connectivity index (χ1) is 11.7. The molecule has 24 heavy (non-hydrogen) atoms. The van der Waals surface area contributed by atoms with Crippen molar-refractivity contribution in [3.63, 3.8) is 0 Å². The Balaban J connectivity index is 1.49. The van der Waals surface area contributed by atoms with Gasteiger partial charge in [-0.2, -0.15) is 5.12 Å². The first-order valence-corrected chi connectivity index (χ1v) is 8.02. The predicted molar refractivity (Wildman–Crippen MR) is 94.6 cm³/mol. The Morgan fingerprint density at radius 2 is 1.92 bits per heavy atom. The molecule has 0 spiro atoms. The SMILES string of the molecule is Cc1ccc(N2NC=CN2CCc2c[nH]c3cc(F)ccc23)cc1. The molecule has 0 atom stereocenters. The van der Waals surface area contributed by atoms with Gasteiger partial charge in [-0.3, -0.25) is 10.4 Å². The lowest BCUT2D eigenvalue weighted by Gasteiger charge is -2.30. The van der Waals surface area contributed by atoms with E-state index in [1.165, 1.54) is 23.3 Å². The van der Waals surface area contributed by atoms with Gasteiger partial charge in [0.2, 0.25) is 0 Å². The van der Waals surface area contributed by atoms with Gasteiger partial charge in [-0.05, 0) is 49.2 Å². The molecule has 0 fully saturated rings. The molecule has 2 aromatic carbocycles. The van der Waals surface area contributed by atoms with Crippen molar-refractivity contribution in [2.45, 2.75) is 13.3 Å². The number of aromatic amines is 1. The number of hydrogen-bond donors (Lipinski definition) is 2. The highest BCUT2D eigenvalue weighted by Gasteiger charge is 2.17. The molecule has 0 bridgehead atoms. The van der Waals surface area contributed by atoms with Crippen molar-refractivity contribution in [1.82, 2.24) is 15.4 Å². The second-order valence-electron chi connectivity index (χ2n) is 6.01. The van der Waals surface area contributed by atoms with Gasteiger partial charge in [0.15, 0.2) is 0 Å². The van der Waals surface area contributed by atoms with Crippen molar-refractivity contribution < 1.29 is 4.39 Å². The van der Waals surface area contributed by atoms with Crippen molar-refractivity contribution in [2.75, 3.05) is 11.7 Å². The molecule has 3 aromatic rings. The summed E-state index contributed by atoms with van der Waals surface area (Å²) in [6, 6.07) is 13.3. The molecule has 0 saturated carbocycles. The average Bonchev–Trinajstić information content (AvgIpc) is 3.20. The predicted octanol–water partition coefficient (Wildman–Crippen LogP) is 3.87. The minimum absolute atomic E-state index is 0.215. The van der Waals surface area contributed by atoms with E-state index in [1.807, 2.05) is 29.8 Å². The summed E-state index contributed by atoms with van der Waals surface area (Å²) in [4.78, 5) is 3.15. The molecule has 0 aliphatic carbocycles. The number of hydrazine groups is 2. The standard InChI is InChI=1S/C19H19FN4/c1-14-2-5-17(6-3-14)24-22-9-11-23(24)10-8-15-13-21-19-12-16(20)4-7-18(15)19/h2-7,9,11-13,21-22H,8,10H2,1H3. The Labute approximate surface area is 140 Å². The highest BCUT2D eigenvalue weighted by Crippen LogP contribution is 2.22. The first-order valence-electron chi connectivity index (χ1n) is 8.02. The van der Waals surface area contributed by atoms with E-state index < -0.39 is 0 Å². The minimum atomic E-state index is -0.215. The molecule has 4 nitrogen and oxygen atoms in total. The van der Waals surface area contributed by atoms with Gasteiger partial charge in [0, 0.05) is 36.0 Å². The number of halogens is 1. The van der Waals surface area contributed by atoms with E-state index in [4.69, 9.17) is 0 Å². The van der Waals surface area contributed by atoms with Crippen LogP contribution in [-0.2, 0) is 6.42 Å². The van der Waals surface area contributed by atoms with Crippen LogP contribution >= 0.6 is 0 Å². The van der Waals surface area contributed by atoms with Crippen molar-refractivity contribution in [3.8, 4) is 0 Å². The molecular weight excluding hydrogens is 303 g/mol. The molecule has 4 rings (SSSR count). The van der Waals surface area contributed by atoms with Gasteiger partial charge < -0.3 is 4.98 Å². The fraction of sp³-hybridized carbons (Fsp3) is 0.158. The lowest BCUT2D eigenvalue weighted by atomic mass is 10.1. The number of fused-ring (bicyclic) bond motifs is 1. The lowest BCUT2D eigenvalue weighted by Crippen LogP contribution is -2.42. The third-order valence-electron chi connectivity index (χ3n) is 4.32. The monoisotopic (exact) mass is 322 g/mol. The highest BCUT2D eigenvalue weighted by molar-refractivity contribution is 5.83. The number of nitrogens with zero attached hydrogens (tertiary/aromatic N) is 2. The quantitative estimate of drug-likeness (QED) is 0.765. The molecule has 0 saturated heterocycles. The second-order valence-corrected chi connectivity index (χ2v) is 6.01. The van der Waals surface area contributed by atoms with E-state index in [-0.39, 0.29) is 5.82 Å². The molecule has 122 valence electrons. The molecule has 1 aliphatic heterocycles. The first kappa shape index (κ1) is 14.6. The maximum Gasteiger partial charge on any atom is 0.125 e. The number of benzene rings is 2. The molecule has 0 amide bonds. The van der Waals surface area contributed by atoms with Crippen LogP contribution in [0.4, 0.5) is 10.1 Å². The van der Waals surface area contributed by atoms with Gasteiger partial charge in [-0.25, -0.2) is 4.39 Å². The van der Waals surface area contributed by atoms with E-state index in [0.29, 0.717) is 0 Å². The van der Waals surface area contributed by atoms with Gasteiger partial charge in [-0.1, -0.05) is 17.7 Å². The molecule has 0 radical (unpaired) electrons. The maximum atomic E-state index is 13.3. The number of H-pyrrole nitrogens is 1. The smallest absolute Gasteiger partial charge is 0.125 e. The number of rotatable bonds is 4. The Morgan fingerprint density at radius 1 is 1.08 bits per heavy atom. The molecule has 5 heteroatoms. The van der Waals surface area contributed by atoms with Crippen LogP contribution < -0.4 is 10.5 Å². The van der Waals surface area contributed by atoms with Gasteiger partial charge in [0.1, 0.15) is 5.82 Å². The van der Waals surface area contributed by atoms with Crippen LogP contribution in [0.2, 0.25) is 0 Å². The molecule has 0 unspecified atom stereocenters. The summed E-state index contributed by atoms with van der Waals surface area (Å²) in [5.74, 6) is -0.215. The summed E-state index contributed by atoms with van der Waals surface area (Å²) in [7, 11) is 0. The summed E-state index contributed by atoms with van der Waals surface area (Å²) in [5.41, 5.74) is 7.60. The van der Waals surface area contributed by atoms with Crippen LogP contribution in [0.5, 0.6) is 0 Å². The number of aromatic nitrogens is 1. The fourth-order valence-electron chi connectivity index (χ4n) is 3.01. The van der Waals surface area contributed by atoms with Crippen LogP contribution in [0.15, 0.2) is 61.1 Å². The zero-order valence-electron chi connectivity index (χ0n) is 13.5. The average molecular weight is 322 g/mol. The third-order valence-corrected chi connectivity index (χ3v) is 4.32. The maximum absolute atomic E-state index is 13.3. The number of hydrogen-bond acceptors (Lipinski definition) is 3. The summed E-state index contributed by atoms with van der Waals surface area (Å²) in [5, 5.41) is 5.23. The third kappa shape index (κ3) is 2.69. The Kier molecular flexibility index (Phi) is 3.61. The van der Waals surface area contributed by atoms with Gasteiger partial charge in [0.05, 0.1) is 5.69 Å². The summed E-state index contributed by atoms with van der Waals surface area (Å²) in [6.45, 7) is 2.90. The van der Waals surface area contributed by atoms with E-state index in [1.54, 1.807) is 0 Å². The fourth-order valence-corrected chi connectivity index (χ4v) is 3.01. The van der Waals surface area contributed by atoms with E-state index in [2.05, 4.69) is 46.6 Å². The Morgan fingerprint density at radius 3 is 2.75 bits per heavy atom. The normalized spacial score (nSPS) is 13.8. The zero-order chi connectivity index (χ0) is 16.5. The Hall–Kier alpha value is -2.95. The summed E-state index contributed by atoms with van der Waals surface area (Å²) in [6.07, 6.45) is 6.77. The minimum Gasteiger partial charge on any atom is -0.361 e. The van der Waals surface area contributed by atoms with E-state index >= 15 is 0 Å². The van der Waals surface area contributed by atoms with Crippen LogP contribution in [0.25, 0.3) is 10.9 Å². The van der Waals surface area contributed by atoms with Crippen molar-refractivity contribution in [2.24, 2.45) is 0 Å². The number of nitrogens with one attached hydrogen (secondary N) is 2. The lowest BCUT2D eigenvalue weighted by molar-refractivity contribution is 0.352. The second kappa shape index (κ2) is 5.92. The van der Waals surface area contributed by atoms with Gasteiger partial charge in [-0.15, -0.1) is 0 Å². The molecule has 2 N–H and O–H groups in total. The topological polar surface area (TPSA) is 34.3 Å². The van der Waals surface area contributed by atoms with Gasteiger partial charge >= 0.3 is 0 Å². The van der Waals surface area contributed by atoms with Crippen molar-refractivity contribution >= 4 is 16.6 Å².